The highest BCUT2D eigenvalue weighted by Gasteiger charge is 2.25. The van der Waals surface area contributed by atoms with E-state index in [1.807, 2.05) is 49.7 Å². The van der Waals surface area contributed by atoms with Crippen LogP contribution in [0.25, 0.3) is 11.0 Å². The van der Waals surface area contributed by atoms with E-state index in [9.17, 15) is 9.59 Å². The number of aromatic nitrogens is 4. The van der Waals surface area contributed by atoms with E-state index in [0.29, 0.717) is 6.54 Å². The van der Waals surface area contributed by atoms with Crippen molar-refractivity contribution < 1.29 is 4.79 Å². The standard InChI is InChI=1S/C20H26N6O2/c1-13-19(14(2)24(3)23-13)22-18(27)12-25-10-8-15(9-11-25)26-17-7-5-4-6-16(17)21-20(26)28/h4-7,15H,8-12H2,1-3H3,(H,21,28)(H,22,27). The van der Waals surface area contributed by atoms with Crippen LogP contribution in [0.4, 0.5) is 5.69 Å². The summed E-state index contributed by atoms with van der Waals surface area (Å²) >= 11 is 0. The third-order valence-corrected chi connectivity index (χ3v) is 5.69. The first-order chi connectivity index (χ1) is 13.4. The summed E-state index contributed by atoms with van der Waals surface area (Å²) in [6, 6.07) is 7.94. The smallest absolute Gasteiger partial charge is 0.322 e. The van der Waals surface area contributed by atoms with Crippen molar-refractivity contribution in [1.82, 2.24) is 24.2 Å². The van der Waals surface area contributed by atoms with E-state index < -0.39 is 0 Å². The normalized spacial score (nSPS) is 16.0. The molecule has 2 N–H and O–H groups in total. The minimum absolute atomic E-state index is 0.0260. The molecule has 1 amide bonds. The predicted molar refractivity (Wildman–Crippen MR) is 109 cm³/mol. The molecular weight excluding hydrogens is 356 g/mol. The molecule has 0 aliphatic carbocycles. The number of aryl methyl sites for hydroxylation is 2. The molecule has 148 valence electrons. The Kier molecular flexibility index (Phi) is 4.80. The van der Waals surface area contributed by atoms with Gasteiger partial charge in [0.2, 0.25) is 5.91 Å². The van der Waals surface area contributed by atoms with Crippen LogP contribution in [0.1, 0.15) is 30.3 Å². The Balaban J connectivity index is 1.38. The molecule has 8 heteroatoms. The number of hydrogen-bond donors (Lipinski definition) is 2. The molecule has 8 nitrogen and oxygen atoms in total. The van der Waals surface area contributed by atoms with Gasteiger partial charge in [0.05, 0.1) is 34.7 Å². The van der Waals surface area contributed by atoms with Crippen LogP contribution in [-0.4, -0.2) is 49.8 Å². The van der Waals surface area contributed by atoms with Crippen molar-refractivity contribution in [3.63, 3.8) is 0 Å². The lowest BCUT2D eigenvalue weighted by Crippen LogP contribution is -2.41. The zero-order chi connectivity index (χ0) is 19.8. The van der Waals surface area contributed by atoms with Crippen LogP contribution < -0.4 is 11.0 Å². The number of para-hydroxylation sites is 2. The maximum absolute atomic E-state index is 12.5. The van der Waals surface area contributed by atoms with E-state index in [0.717, 1.165) is 54.0 Å². The average Bonchev–Trinajstić information content (AvgIpc) is 3.12. The van der Waals surface area contributed by atoms with Crippen molar-refractivity contribution >= 4 is 22.6 Å². The van der Waals surface area contributed by atoms with Gasteiger partial charge in [0, 0.05) is 26.2 Å². The Morgan fingerprint density at radius 3 is 2.64 bits per heavy atom. The van der Waals surface area contributed by atoms with E-state index in [2.05, 4.69) is 20.3 Å². The van der Waals surface area contributed by atoms with Crippen LogP contribution >= 0.6 is 0 Å². The second-order valence-corrected chi connectivity index (χ2v) is 7.54. The SMILES string of the molecule is Cc1nn(C)c(C)c1NC(=O)CN1CCC(n2c(=O)[nH]c3ccccc32)CC1. The zero-order valence-corrected chi connectivity index (χ0v) is 16.5. The number of nitrogens with one attached hydrogen (secondary N) is 2. The zero-order valence-electron chi connectivity index (χ0n) is 16.5. The number of benzene rings is 1. The Bertz CT molecular complexity index is 1070. The number of aromatic amines is 1. The number of carbonyl (C=O) groups excluding carboxylic acids is 1. The van der Waals surface area contributed by atoms with Gasteiger partial charge in [-0.2, -0.15) is 5.10 Å². The minimum atomic E-state index is -0.0556. The van der Waals surface area contributed by atoms with Gasteiger partial charge >= 0.3 is 5.69 Å². The molecule has 3 aromatic rings. The average molecular weight is 382 g/mol. The number of hydrogen-bond acceptors (Lipinski definition) is 4. The maximum atomic E-state index is 12.5. The lowest BCUT2D eigenvalue weighted by atomic mass is 10.0. The maximum Gasteiger partial charge on any atom is 0.326 e. The van der Waals surface area contributed by atoms with Gasteiger partial charge in [0.1, 0.15) is 0 Å². The summed E-state index contributed by atoms with van der Waals surface area (Å²) < 4.78 is 3.64. The highest BCUT2D eigenvalue weighted by Crippen LogP contribution is 2.25. The summed E-state index contributed by atoms with van der Waals surface area (Å²) in [6.07, 6.45) is 1.69. The fraction of sp³-hybridized carbons (Fsp3) is 0.450. The molecule has 0 unspecified atom stereocenters. The first-order valence-electron chi connectivity index (χ1n) is 9.65. The molecule has 0 atom stereocenters. The summed E-state index contributed by atoms with van der Waals surface area (Å²) in [6.45, 7) is 5.76. The molecule has 0 spiro atoms. The number of amides is 1. The molecule has 4 rings (SSSR count). The molecule has 1 aliphatic heterocycles. The molecule has 1 aromatic carbocycles. The molecule has 1 fully saturated rings. The van der Waals surface area contributed by atoms with Gasteiger partial charge in [0.15, 0.2) is 0 Å². The van der Waals surface area contributed by atoms with Gasteiger partial charge in [-0.05, 0) is 38.8 Å². The van der Waals surface area contributed by atoms with Crippen molar-refractivity contribution in [3.8, 4) is 0 Å². The lowest BCUT2D eigenvalue weighted by molar-refractivity contribution is -0.117. The summed E-state index contributed by atoms with van der Waals surface area (Å²) in [4.78, 5) is 29.9. The van der Waals surface area contributed by atoms with Crippen LogP contribution in [0.2, 0.25) is 0 Å². The second kappa shape index (κ2) is 7.27. The topological polar surface area (TPSA) is 87.9 Å². The van der Waals surface area contributed by atoms with E-state index in [4.69, 9.17) is 0 Å². The Morgan fingerprint density at radius 1 is 1.25 bits per heavy atom. The quantitative estimate of drug-likeness (QED) is 0.722. The highest BCUT2D eigenvalue weighted by atomic mass is 16.2. The molecular formula is C20H26N6O2. The van der Waals surface area contributed by atoms with Crippen molar-refractivity contribution in [3.05, 3.63) is 46.1 Å². The number of anilines is 1. The van der Waals surface area contributed by atoms with Crippen LogP contribution in [0.3, 0.4) is 0 Å². The Morgan fingerprint density at radius 2 is 1.96 bits per heavy atom. The number of H-pyrrole nitrogens is 1. The van der Waals surface area contributed by atoms with Gasteiger partial charge < -0.3 is 10.3 Å². The number of fused-ring (bicyclic) bond motifs is 1. The van der Waals surface area contributed by atoms with E-state index in [1.54, 1.807) is 4.68 Å². The van der Waals surface area contributed by atoms with Crippen LogP contribution in [0.15, 0.2) is 29.1 Å². The van der Waals surface area contributed by atoms with Crippen molar-refractivity contribution in [2.45, 2.75) is 32.7 Å². The minimum Gasteiger partial charge on any atom is -0.322 e. The predicted octanol–water partition coefficient (Wildman–Crippen LogP) is 1.96. The number of carbonyl (C=O) groups is 1. The Hall–Kier alpha value is -2.87. The lowest BCUT2D eigenvalue weighted by Gasteiger charge is -2.32. The second-order valence-electron chi connectivity index (χ2n) is 7.54. The molecule has 3 heterocycles. The van der Waals surface area contributed by atoms with Crippen molar-refractivity contribution in [2.75, 3.05) is 25.0 Å². The molecule has 1 aliphatic rings. The molecule has 0 radical (unpaired) electrons. The molecule has 28 heavy (non-hydrogen) atoms. The number of piperidine rings is 1. The Labute approximate surface area is 163 Å². The van der Waals surface area contributed by atoms with E-state index in [1.165, 1.54) is 0 Å². The summed E-state index contributed by atoms with van der Waals surface area (Å²) in [7, 11) is 1.87. The number of rotatable bonds is 4. The van der Waals surface area contributed by atoms with Crippen LogP contribution in [-0.2, 0) is 11.8 Å². The molecule has 2 aromatic heterocycles. The third-order valence-electron chi connectivity index (χ3n) is 5.69. The van der Waals surface area contributed by atoms with Crippen molar-refractivity contribution in [1.29, 1.82) is 0 Å². The van der Waals surface area contributed by atoms with Crippen LogP contribution in [0, 0.1) is 13.8 Å². The summed E-state index contributed by atoms with van der Waals surface area (Å²) in [5, 5.41) is 7.33. The third kappa shape index (κ3) is 3.35. The number of nitrogens with zero attached hydrogens (tertiary/aromatic N) is 4. The van der Waals surface area contributed by atoms with Crippen LogP contribution in [0.5, 0.6) is 0 Å². The monoisotopic (exact) mass is 382 g/mol. The first kappa shape index (κ1) is 18.5. The molecule has 0 saturated carbocycles. The van der Waals surface area contributed by atoms with Gasteiger partial charge in [0.25, 0.3) is 0 Å². The fourth-order valence-electron chi connectivity index (χ4n) is 4.11. The van der Waals surface area contributed by atoms with E-state index in [-0.39, 0.29) is 17.6 Å². The molecule has 0 bridgehead atoms. The fourth-order valence-corrected chi connectivity index (χ4v) is 4.11. The van der Waals surface area contributed by atoms with Crippen molar-refractivity contribution in [2.24, 2.45) is 7.05 Å². The van der Waals surface area contributed by atoms with Gasteiger partial charge in [-0.25, -0.2) is 4.79 Å². The molecule has 1 saturated heterocycles. The summed E-state index contributed by atoms with van der Waals surface area (Å²) in [5.74, 6) is -0.0260. The van der Waals surface area contributed by atoms with Gasteiger partial charge in [-0.15, -0.1) is 0 Å². The van der Waals surface area contributed by atoms with Gasteiger partial charge in [-0.1, -0.05) is 12.1 Å². The largest absolute Gasteiger partial charge is 0.326 e. The first-order valence-corrected chi connectivity index (χ1v) is 9.65. The number of likely N-dealkylation sites (tertiary alicyclic amines) is 1. The van der Waals surface area contributed by atoms with E-state index >= 15 is 0 Å². The van der Waals surface area contributed by atoms with Gasteiger partial charge in [-0.3, -0.25) is 18.9 Å². The highest BCUT2D eigenvalue weighted by molar-refractivity contribution is 5.93. The summed E-state index contributed by atoms with van der Waals surface area (Å²) in [5.41, 5.74) is 4.34. The number of imidazole rings is 1.